The Labute approximate surface area is 571 Å². The SMILES string of the molecule is CC(c1ccccc1)[C@@H]1NC(=O)CNC(=O)[C@H](CO)NC(=O)[C@@H](C(O)C2CN=C(N)N2[C@H]2O[C@H](COC(=O)CCC3CCCC3)[C@@H](O)[C@H](O)[C@@H]2O)NC(=O)[C@H](C(O)C2CN=C(N)N2)NC(=O)[C@@H](Cc2ccc(O[C@H]3O[C@H](CO)[C@@H](O[C@H]4O[C@H](CO)[C@@H](O)[C@H](O)[C@@H]4O)[C@H](O)[C@@H]3O)cc2)NC1=O. The molecule has 6 amide bonds. The monoisotopic (exact) mass is 1420 g/mol. The number of amides is 6. The molecule has 2 aromatic carbocycles. The van der Waals surface area contributed by atoms with Crippen molar-refractivity contribution in [2.45, 2.75) is 204 Å². The van der Waals surface area contributed by atoms with Gasteiger partial charge < -0.3 is 148 Å². The molecule has 1 saturated carbocycles. The Hall–Kier alpha value is -7.61. The van der Waals surface area contributed by atoms with E-state index in [0.717, 1.165) is 30.6 Å². The second-order valence-corrected chi connectivity index (χ2v) is 25.8. The van der Waals surface area contributed by atoms with E-state index in [2.05, 4.69) is 47.2 Å². The van der Waals surface area contributed by atoms with Crippen LogP contribution in [-0.2, 0) is 63.7 Å². The first kappa shape index (κ1) is 76.6. The highest BCUT2D eigenvalue weighted by Crippen LogP contribution is 2.34. The predicted octanol–water partition coefficient (Wildman–Crippen LogP) is -11.1. The second kappa shape index (κ2) is 34.4. The molecule has 100 heavy (non-hydrogen) atoms. The molecule has 5 unspecified atom stereocenters. The second-order valence-electron chi connectivity index (χ2n) is 25.8. The van der Waals surface area contributed by atoms with E-state index in [-0.39, 0.29) is 30.2 Å². The summed E-state index contributed by atoms with van der Waals surface area (Å²) in [6, 6.07) is 0.704. The molecule has 0 spiro atoms. The van der Waals surface area contributed by atoms with Crippen LogP contribution in [0.1, 0.15) is 62.5 Å². The van der Waals surface area contributed by atoms with Gasteiger partial charge >= 0.3 is 5.97 Å². The molecule has 38 nitrogen and oxygen atoms in total. The normalized spacial score (nSPS) is 36.2. The average Bonchev–Trinajstić information content (AvgIpc) is 1.44. The summed E-state index contributed by atoms with van der Waals surface area (Å²) >= 11 is 0. The molecule has 25 atom stereocenters. The molecule has 0 bridgehead atoms. The highest BCUT2D eigenvalue weighted by atomic mass is 16.7. The Morgan fingerprint density at radius 1 is 0.620 bits per heavy atom. The van der Waals surface area contributed by atoms with Crippen molar-refractivity contribution >= 4 is 53.3 Å². The minimum Gasteiger partial charge on any atom is -0.463 e. The van der Waals surface area contributed by atoms with E-state index in [1.165, 1.54) is 24.3 Å². The van der Waals surface area contributed by atoms with Crippen LogP contribution in [0.15, 0.2) is 64.6 Å². The number of rotatable bonds is 21. The summed E-state index contributed by atoms with van der Waals surface area (Å²) in [7, 11) is 0. The van der Waals surface area contributed by atoms with E-state index >= 15 is 9.59 Å². The topological polar surface area (TPSA) is 602 Å². The highest BCUT2D eigenvalue weighted by molar-refractivity contribution is 5.98. The van der Waals surface area contributed by atoms with Crippen LogP contribution in [0, 0.1) is 5.92 Å². The molecule has 1 aliphatic carbocycles. The Balaban J connectivity index is 1.00. The molecule has 554 valence electrons. The van der Waals surface area contributed by atoms with E-state index in [0.29, 0.717) is 17.9 Å². The molecule has 6 heterocycles. The molecule has 6 aliphatic heterocycles. The summed E-state index contributed by atoms with van der Waals surface area (Å²) in [5.41, 5.74) is 13.0. The number of carbonyl (C=O) groups excluding carboxylic acids is 7. The number of aliphatic hydroxyl groups excluding tert-OH is 13. The summed E-state index contributed by atoms with van der Waals surface area (Å²) < 4.78 is 34.1. The first-order valence-corrected chi connectivity index (χ1v) is 32.9. The van der Waals surface area contributed by atoms with E-state index in [9.17, 15) is 90.4 Å². The van der Waals surface area contributed by atoms with Gasteiger partial charge in [-0.2, -0.15) is 0 Å². The predicted molar refractivity (Wildman–Crippen MR) is 338 cm³/mol. The fourth-order valence-corrected chi connectivity index (χ4v) is 13.1. The van der Waals surface area contributed by atoms with Crippen molar-refractivity contribution in [2.75, 3.05) is 46.1 Å². The van der Waals surface area contributed by atoms with Gasteiger partial charge in [0.15, 0.2) is 24.4 Å². The number of esters is 1. The molecule has 0 aromatic heterocycles. The average molecular weight is 1420 g/mol. The maximum absolute atomic E-state index is 15.2. The van der Waals surface area contributed by atoms with Gasteiger partial charge in [-0.1, -0.05) is 75.1 Å². The van der Waals surface area contributed by atoms with Crippen LogP contribution >= 0.6 is 0 Å². The number of nitrogens with zero attached hydrogens (tertiary/aromatic N) is 3. The molecule has 38 heteroatoms. The Kier molecular flexibility index (Phi) is 26.3. The molecule has 2 aromatic rings. The number of aliphatic imine (C=N–C) groups is 2. The van der Waals surface area contributed by atoms with Crippen molar-refractivity contribution in [1.82, 2.24) is 42.1 Å². The standard InChI is InChI=1S/C62H90N12O26/c1-25(28-9-3-2-4-10-28)39-55(92)68-30(17-27-11-14-29(15-12-27)96-59-51(89)48(86)52(35(23-77)99-59)100-60-50(88)47(85)44(82)34(22-76)98-60)54(91)72-40(42(80)31-18-66-61(63)70-31)57(94)73-41(56(93)69-32(21-75)53(90)65-20-37(78)71-39)43(81)33-19-67-62(64)74(33)58-49(87)46(84)45(83)36(97-58)24-95-38(79)16-13-26-7-5-6-8-26/h2-4,9-12,14-15,25-26,30-36,39-52,58-60,75-77,80-89H,5-8,13,16-24H2,1H3,(H2,64,67)(H,65,90)(H,68,92)(H,69,93)(H,71,78)(H,72,91)(H,73,94)(H3,63,66,70)/t25?,30-,31?,32+,33?,34-,35-,36-,39+,40+,41-,42?,43?,44-,45-,46+,47+,48-,49+,50+,51+,52-,58+,59+,60-/m1/s1. The van der Waals surface area contributed by atoms with E-state index in [1.807, 2.05) is 0 Å². The smallest absolute Gasteiger partial charge is 0.305 e. The lowest BCUT2D eigenvalue weighted by molar-refractivity contribution is -0.352. The number of carbonyl (C=O) groups is 7. The van der Waals surface area contributed by atoms with Crippen LogP contribution in [0.25, 0.3) is 0 Å². The van der Waals surface area contributed by atoms with Gasteiger partial charge in [0.05, 0.1) is 51.5 Å². The summed E-state index contributed by atoms with van der Waals surface area (Å²) in [6.07, 6.45) is -27.3. The maximum Gasteiger partial charge on any atom is 0.305 e. The van der Waals surface area contributed by atoms with Gasteiger partial charge in [-0.25, -0.2) is 0 Å². The van der Waals surface area contributed by atoms with Crippen molar-refractivity contribution < 1.29 is 128 Å². The van der Waals surface area contributed by atoms with Gasteiger partial charge in [0.1, 0.15) is 128 Å². The van der Waals surface area contributed by atoms with Crippen LogP contribution in [0.3, 0.4) is 0 Å². The third-order valence-corrected chi connectivity index (χ3v) is 19.0. The minimum atomic E-state index is -2.37. The molecule has 7 aliphatic rings. The largest absolute Gasteiger partial charge is 0.463 e. The molecule has 0 radical (unpaired) electrons. The molecule has 5 fully saturated rings. The molecular formula is C62H90N12O26. The van der Waals surface area contributed by atoms with Crippen molar-refractivity contribution in [1.29, 1.82) is 0 Å². The Morgan fingerprint density at radius 3 is 1.89 bits per heavy atom. The van der Waals surface area contributed by atoms with Gasteiger partial charge in [-0.3, -0.25) is 43.5 Å². The summed E-state index contributed by atoms with van der Waals surface area (Å²) in [4.78, 5) is 110. The fraction of sp³-hybridized carbons (Fsp3) is 0.661. The third kappa shape index (κ3) is 18.0. The molecular weight excluding hydrogens is 1330 g/mol. The number of nitrogens with one attached hydrogen (secondary N) is 7. The van der Waals surface area contributed by atoms with Crippen molar-refractivity contribution in [3.8, 4) is 5.75 Å². The number of ether oxygens (including phenoxy) is 6. The Morgan fingerprint density at radius 2 is 1.23 bits per heavy atom. The van der Waals surface area contributed by atoms with Crippen LogP contribution < -0.4 is 53.4 Å². The van der Waals surface area contributed by atoms with E-state index < -0.39 is 246 Å². The zero-order chi connectivity index (χ0) is 72.4. The number of guanidine groups is 2. The highest BCUT2D eigenvalue weighted by Gasteiger charge is 2.54. The summed E-state index contributed by atoms with van der Waals surface area (Å²) in [5.74, 6) is -9.35. The Bertz CT molecular complexity index is 3190. The van der Waals surface area contributed by atoms with Crippen molar-refractivity contribution in [2.24, 2.45) is 27.4 Å². The number of hydrogen-bond donors (Lipinski definition) is 22. The van der Waals surface area contributed by atoms with Crippen molar-refractivity contribution in [3.63, 3.8) is 0 Å². The van der Waals surface area contributed by atoms with Crippen LogP contribution in [0.5, 0.6) is 5.75 Å². The fourth-order valence-electron chi connectivity index (χ4n) is 13.1. The van der Waals surface area contributed by atoms with E-state index in [1.54, 1.807) is 37.3 Å². The first-order valence-electron chi connectivity index (χ1n) is 32.9. The summed E-state index contributed by atoms with van der Waals surface area (Å²) in [6.45, 7) is -3.75. The molecule has 9 rings (SSSR count). The van der Waals surface area contributed by atoms with Gasteiger partial charge in [0.2, 0.25) is 41.7 Å². The van der Waals surface area contributed by atoms with E-state index in [4.69, 9.17) is 39.9 Å². The lowest BCUT2D eigenvalue weighted by atomic mass is 9.92. The molecule has 24 N–H and O–H groups in total. The number of nitrogens with two attached hydrogens (primary N) is 2. The maximum atomic E-state index is 15.2. The number of aliphatic hydroxyl groups is 13. The van der Waals surface area contributed by atoms with Gasteiger partial charge in [-0.15, -0.1) is 0 Å². The minimum absolute atomic E-state index is 0.0442. The number of benzene rings is 2. The zero-order valence-corrected chi connectivity index (χ0v) is 54.2. The van der Waals surface area contributed by atoms with Crippen LogP contribution in [0.2, 0.25) is 0 Å². The summed E-state index contributed by atoms with van der Waals surface area (Å²) in [5, 5.41) is 160. The lowest BCUT2D eigenvalue weighted by Gasteiger charge is -2.46. The quantitative estimate of drug-likeness (QED) is 0.0516. The first-order chi connectivity index (χ1) is 47.7. The van der Waals surface area contributed by atoms with Gasteiger partial charge in [0.25, 0.3) is 0 Å². The zero-order valence-electron chi connectivity index (χ0n) is 54.2. The molecule has 4 saturated heterocycles. The lowest BCUT2D eigenvalue weighted by Crippen LogP contribution is -2.70. The van der Waals surface area contributed by atoms with Crippen molar-refractivity contribution in [3.05, 3.63) is 65.7 Å². The van der Waals surface area contributed by atoms with Crippen LogP contribution in [0.4, 0.5) is 0 Å². The van der Waals surface area contributed by atoms with Gasteiger partial charge in [0, 0.05) is 18.8 Å². The third-order valence-electron chi connectivity index (χ3n) is 19.0. The van der Waals surface area contributed by atoms with Gasteiger partial charge in [-0.05, 0) is 35.6 Å². The number of hydrogen-bond acceptors (Lipinski definition) is 32. The van der Waals surface area contributed by atoms with Crippen LogP contribution in [-0.4, -0.2) is 317 Å².